The Hall–Kier alpha value is -3.02. The molecule has 1 heterocycles. The van der Waals surface area contributed by atoms with Crippen LogP contribution in [-0.2, 0) is 4.79 Å². The lowest BCUT2D eigenvalue weighted by molar-refractivity contribution is -0.141. The van der Waals surface area contributed by atoms with Crippen molar-refractivity contribution in [3.8, 4) is 11.5 Å². The van der Waals surface area contributed by atoms with E-state index in [9.17, 15) is 14.7 Å². The van der Waals surface area contributed by atoms with Crippen LogP contribution in [0.25, 0.3) is 0 Å². The predicted octanol–water partition coefficient (Wildman–Crippen LogP) is 2.64. The maximum Gasteiger partial charge on any atom is 0.308 e. The van der Waals surface area contributed by atoms with Crippen LogP contribution < -0.4 is 9.47 Å². The number of benzene rings is 2. The Bertz CT molecular complexity index is 819. The Kier molecular flexibility index (Phi) is 5.11. The van der Waals surface area contributed by atoms with Gasteiger partial charge in [0.25, 0.3) is 5.91 Å². The van der Waals surface area contributed by atoms with E-state index in [2.05, 4.69) is 0 Å². The number of nitrogens with zero attached hydrogens (tertiary/aromatic N) is 1. The molecule has 0 aliphatic carbocycles. The molecular formula is C20H21NO5. The first-order valence-electron chi connectivity index (χ1n) is 8.33. The van der Waals surface area contributed by atoms with Gasteiger partial charge in [0.2, 0.25) is 0 Å². The van der Waals surface area contributed by atoms with Gasteiger partial charge in [-0.05, 0) is 35.9 Å². The Morgan fingerprint density at radius 1 is 1.00 bits per heavy atom. The molecule has 6 heteroatoms. The van der Waals surface area contributed by atoms with Gasteiger partial charge in [-0.2, -0.15) is 0 Å². The van der Waals surface area contributed by atoms with Gasteiger partial charge in [0.15, 0.2) is 0 Å². The Morgan fingerprint density at radius 3 is 2.31 bits per heavy atom. The maximum absolute atomic E-state index is 12.8. The van der Waals surface area contributed by atoms with Crippen molar-refractivity contribution in [2.75, 3.05) is 27.3 Å². The molecule has 1 fully saturated rings. The van der Waals surface area contributed by atoms with Crippen molar-refractivity contribution in [1.82, 2.24) is 4.90 Å². The topological polar surface area (TPSA) is 76.1 Å². The summed E-state index contributed by atoms with van der Waals surface area (Å²) in [6, 6.07) is 14.2. The molecule has 0 spiro atoms. The molecule has 1 amide bonds. The molecule has 26 heavy (non-hydrogen) atoms. The van der Waals surface area contributed by atoms with Crippen molar-refractivity contribution in [3.05, 3.63) is 59.7 Å². The van der Waals surface area contributed by atoms with E-state index in [4.69, 9.17) is 9.47 Å². The molecule has 3 rings (SSSR count). The fourth-order valence-electron chi connectivity index (χ4n) is 3.37. The second kappa shape index (κ2) is 7.47. The SMILES string of the molecule is COc1cccc(C(=O)N2C[C@@H](C(=O)O)[C@H](c3cccc(OC)c3)C2)c1. The van der Waals surface area contributed by atoms with Crippen LogP contribution in [0.1, 0.15) is 21.8 Å². The molecule has 2 aromatic rings. The zero-order chi connectivity index (χ0) is 18.7. The van der Waals surface area contributed by atoms with Crippen LogP contribution in [0.2, 0.25) is 0 Å². The third-order valence-corrected chi connectivity index (χ3v) is 4.76. The summed E-state index contributed by atoms with van der Waals surface area (Å²) in [6.45, 7) is 0.521. The highest BCUT2D eigenvalue weighted by Gasteiger charge is 2.40. The van der Waals surface area contributed by atoms with Gasteiger partial charge in [-0.15, -0.1) is 0 Å². The molecule has 0 aromatic heterocycles. The smallest absolute Gasteiger partial charge is 0.308 e. The summed E-state index contributed by atoms with van der Waals surface area (Å²) >= 11 is 0. The number of ether oxygens (including phenoxy) is 2. The van der Waals surface area contributed by atoms with Crippen molar-refractivity contribution >= 4 is 11.9 Å². The molecule has 1 saturated heterocycles. The number of aliphatic carboxylic acids is 1. The lowest BCUT2D eigenvalue weighted by Crippen LogP contribution is -2.29. The molecule has 1 aliphatic heterocycles. The van der Waals surface area contributed by atoms with Gasteiger partial charge >= 0.3 is 5.97 Å². The van der Waals surface area contributed by atoms with E-state index in [1.165, 1.54) is 0 Å². The van der Waals surface area contributed by atoms with Gasteiger partial charge in [-0.25, -0.2) is 0 Å². The van der Waals surface area contributed by atoms with Gasteiger partial charge in [0.1, 0.15) is 11.5 Å². The lowest BCUT2D eigenvalue weighted by Gasteiger charge is -2.17. The van der Waals surface area contributed by atoms with Gasteiger partial charge in [0, 0.05) is 24.6 Å². The number of carbonyl (C=O) groups excluding carboxylic acids is 1. The van der Waals surface area contributed by atoms with Crippen molar-refractivity contribution in [2.24, 2.45) is 5.92 Å². The maximum atomic E-state index is 12.8. The highest BCUT2D eigenvalue weighted by Crippen LogP contribution is 2.35. The molecule has 136 valence electrons. The molecule has 6 nitrogen and oxygen atoms in total. The number of hydrogen-bond donors (Lipinski definition) is 1. The van der Waals surface area contributed by atoms with Crippen LogP contribution in [0.5, 0.6) is 11.5 Å². The molecule has 1 aliphatic rings. The summed E-state index contributed by atoms with van der Waals surface area (Å²) in [6.07, 6.45) is 0. The fourth-order valence-corrected chi connectivity index (χ4v) is 3.37. The first-order valence-corrected chi connectivity index (χ1v) is 8.33. The minimum atomic E-state index is -0.904. The standard InChI is InChI=1S/C20H21NO5/c1-25-15-7-3-5-13(9-15)17-11-21(12-18(17)20(23)24)19(22)14-6-4-8-16(10-14)26-2/h3-10,17-18H,11-12H2,1-2H3,(H,23,24)/t17-,18+/m0/s1. The van der Waals surface area contributed by atoms with E-state index < -0.39 is 11.9 Å². The first-order chi connectivity index (χ1) is 12.5. The van der Waals surface area contributed by atoms with E-state index in [1.807, 2.05) is 24.3 Å². The zero-order valence-electron chi connectivity index (χ0n) is 14.7. The van der Waals surface area contributed by atoms with Crippen LogP contribution in [0, 0.1) is 5.92 Å². The normalized spacial score (nSPS) is 19.2. The van der Waals surface area contributed by atoms with E-state index in [0.717, 1.165) is 5.56 Å². The van der Waals surface area contributed by atoms with Crippen LogP contribution in [-0.4, -0.2) is 49.2 Å². The van der Waals surface area contributed by atoms with Crippen molar-refractivity contribution in [2.45, 2.75) is 5.92 Å². The third kappa shape index (κ3) is 3.49. The number of hydrogen-bond acceptors (Lipinski definition) is 4. The lowest BCUT2D eigenvalue weighted by atomic mass is 9.89. The average molecular weight is 355 g/mol. The summed E-state index contributed by atoms with van der Waals surface area (Å²) in [5.41, 5.74) is 1.34. The second-order valence-corrected chi connectivity index (χ2v) is 6.27. The molecule has 0 unspecified atom stereocenters. The van der Waals surface area contributed by atoms with Crippen LogP contribution >= 0.6 is 0 Å². The van der Waals surface area contributed by atoms with Gasteiger partial charge in [0.05, 0.1) is 20.1 Å². The summed E-state index contributed by atoms with van der Waals surface area (Å²) in [5, 5.41) is 9.63. The highest BCUT2D eigenvalue weighted by molar-refractivity contribution is 5.95. The largest absolute Gasteiger partial charge is 0.497 e. The quantitative estimate of drug-likeness (QED) is 0.892. The van der Waals surface area contributed by atoms with Gasteiger partial charge < -0.3 is 19.5 Å². The van der Waals surface area contributed by atoms with Crippen LogP contribution in [0.15, 0.2) is 48.5 Å². The van der Waals surface area contributed by atoms with E-state index in [0.29, 0.717) is 23.6 Å². The minimum absolute atomic E-state index is 0.174. The number of carboxylic acids is 1. The van der Waals surface area contributed by atoms with E-state index in [1.54, 1.807) is 43.4 Å². The Balaban J connectivity index is 1.86. The third-order valence-electron chi connectivity index (χ3n) is 4.76. The van der Waals surface area contributed by atoms with Crippen molar-refractivity contribution in [3.63, 3.8) is 0 Å². The predicted molar refractivity (Wildman–Crippen MR) is 95.8 cm³/mol. The van der Waals surface area contributed by atoms with E-state index >= 15 is 0 Å². The summed E-state index contributed by atoms with van der Waals surface area (Å²) in [7, 11) is 3.11. The number of likely N-dealkylation sites (tertiary alicyclic amines) is 1. The molecule has 2 atom stereocenters. The molecule has 2 aromatic carbocycles. The average Bonchev–Trinajstić information content (AvgIpc) is 3.13. The van der Waals surface area contributed by atoms with Gasteiger partial charge in [-0.1, -0.05) is 18.2 Å². The van der Waals surface area contributed by atoms with Crippen molar-refractivity contribution in [1.29, 1.82) is 0 Å². The number of amides is 1. The molecule has 0 radical (unpaired) electrons. The number of carbonyl (C=O) groups is 2. The highest BCUT2D eigenvalue weighted by atomic mass is 16.5. The Morgan fingerprint density at radius 2 is 1.65 bits per heavy atom. The van der Waals surface area contributed by atoms with Crippen molar-refractivity contribution < 1.29 is 24.2 Å². The summed E-state index contributed by atoms with van der Waals surface area (Å²) in [4.78, 5) is 26.2. The van der Waals surface area contributed by atoms with Crippen LogP contribution in [0.3, 0.4) is 0 Å². The fraction of sp³-hybridized carbons (Fsp3) is 0.300. The molecular weight excluding hydrogens is 334 g/mol. The second-order valence-electron chi connectivity index (χ2n) is 6.27. The Labute approximate surface area is 152 Å². The number of rotatable bonds is 5. The number of carboxylic acid groups (broad SMARTS) is 1. The monoisotopic (exact) mass is 355 g/mol. The number of methoxy groups -OCH3 is 2. The summed E-state index contributed by atoms with van der Waals surface area (Å²) < 4.78 is 10.4. The van der Waals surface area contributed by atoms with Crippen LogP contribution in [0.4, 0.5) is 0 Å². The zero-order valence-corrected chi connectivity index (χ0v) is 14.7. The molecule has 0 saturated carbocycles. The minimum Gasteiger partial charge on any atom is -0.497 e. The van der Waals surface area contributed by atoms with Gasteiger partial charge in [-0.3, -0.25) is 9.59 Å². The summed E-state index contributed by atoms with van der Waals surface area (Å²) in [5.74, 6) is -0.772. The molecule has 0 bridgehead atoms. The first kappa shape index (κ1) is 17.8. The molecule has 1 N–H and O–H groups in total. The van der Waals surface area contributed by atoms with E-state index in [-0.39, 0.29) is 18.4 Å².